The number of anilines is 1. The lowest BCUT2D eigenvalue weighted by atomic mass is 10.0. The number of benzene rings is 2. The zero-order valence-electron chi connectivity index (χ0n) is 17.4. The van der Waals surface area contributed by atoms with E-state index in [9.17, 15) is 9.59 Å². The van der Waals surface area contributed by atoms with Crippen LogP contribution in [-0.2, 0) is 9.53 Å². The summed E-state index contributed by atoms with van der Waals surface area (Å²) in [4.78, 5) is 26.9. The molecule has 0 radical (unpaired) electrons. The van der Waals surface area contributed by atoms with Crippen LogP contribution in [-0.4, -0.2) is 32.2 Å². The second-order valence-electron chi connectivity index (χ2n) is 7.52. The Morgan fingerprint density at radius 1 is 1.07 bits per heavy atom. The molecule has 2 aromatic rings. The summed E-state index contributed by atoms with van der Waals surface area (Å²) in [7, 11) is 1.34. The van der Waals surface area contributed by atoms with E-state index in [0.29, 0.717) is 0 Å². The van der Waals surface area contributed by atoms with Crippen LogP contribution in [0.25, 0.3) is 0 Å². The molecule has 1 saturated heterocycles. The molecule has 1 aliphatic heterocycles. The molecule has 2 unspecified atom stereocenters. The second kappa shape index (κ2) is 10.5. The predicted molar refractivity (Wildman–Crippen MR) is 121 cm³/mol. The van der Waals surface area contributed by atoms with E-state index in [1.807, 2.05) is 43.3 Å². The fourth-order valence-electron chi connectivity index (χ4n) is 3.67. The minimum atomic E-state index is -0.488. The second-order valence-corrected chi connectivity index (χ2v) is 8.43. The molecule has 3 rings (SSSR count). The molecule has 160 valence electrons. The summed E-state index contributed by atoms with van der Waals surface area (Å²) in [5, 5.41) is 5.90. The molecule has 1 fully saturated rings. The molecule has 1 aliphatic rings. The Kier molecular flexibility index (Phi) is 7.74. The lowest BCUT2D eigenvalue weighted by molar-refractivity contribution is -0.141. The van der Waals surface area contributed by atoms with E-state index in [1.54, 1.807) is 0 Å². The molecule has 0 saturated carbocycles. The number of urea groups is 1. The van der Waals surface area contributed by atoms with Gasteiger partial charge in [-0.15, -0.1) is 0 Å². The van der Waals surface area contributed by atoms with Gasteiger partial charge in [0.2, 0.25) is 0 Å². The van der Waals surface area contributed by atoms with E-state index in [2.05, 4.69) is 43.6 Å². The predicted octanol–water partition coefficient (Wildman–Crippen LogP) is 4.71. The third-order valence-corrected chi connectivity index (χ3v) is 5.84. The van der Waals surface area contributed by atoms with Crippen molar-refractivity contribution in [1.82, 2.24) is 10.6 Å². The van der Waals surface area contributed by atoms with Gasteiger partial charge >= 0.3 is 12.0 Å². The van der Waals surface area contributed by atoms with Crippen LogP contribution in [0, 0.1) is 0 Å². The smallest absolute Gasteiger partial charge is 0.315 e. The van der Waals surface area contributed by atoms with Crippen molar-refractivity contribution in [3.63, 3.8) is 0 Å². The molecule has 0 spiro atoms. The average molecular weight is 474 g/mol. The van der Waals surface area contributed by atoms with Crippen molar-refractivity contribution in [2.75, 3.05) is 25.1 Å². The minimum absolute atomic E-state index is 0.0548. The number of amides is 2. The Morgan fingerprint density at radius 2 is 1.77 bits per heavy atom. The number of methoxy groups -OCH3 is 1. The number of halogens is 1. The summed E-state index contributed by atoms with van der Waals surface area (Å²) in [5.74, 6) is -0.383. The fourth-order valence-corrected chi connectivity index (χ4v) is 4.09. The first-order valence-corrected chi connectivity index (χ1v) is 11.0. The summed E-state index contributed by atoms with van der Waals surface area (Å²) in [6, 6.07) is 14.8. The van der Waals surface area contributed by atoms with Gasteiger partial charge in [-0.2, -0.15) is 0 Å². The monoisotopic (exact) mass is 473 g/mol. The first-order chi connectivity index (χ1) is 14.5. The highest BCUT2D eigenvalue weighted by molar-refractivity contribution is 9.10. The quantitative estimate of drug-likeness (QED) is 0.571. The molecule has 2 amide bonds. The average Bonchev–Trinajstić information content (AvgIpc) is 3.28. The maximum atomic E-state index is 12.7. The van der Waals surface area contributed by atoms with E-state index >= 15 is 0 Å². The summed E-state index contributed by atoms with van der Waals surface area (Å²) in [6.07, 6.45) is 2.49. The molecule has 2 N–H and O–H groups in total. The lowest BCUT2D eigenvalue weighted by Gasteiger charge is -2.23. The van der Waals surface area contributed by atoms with E-state index in [-0.39, 0.29) is 24.5 Å². The normalized spacial score (nSPS) is 15.4. The van der Waals surface area contributed by atoms with E-state index in [4.69, 9.17) is 4.74 Å². The first kappa shape index (κ1) is 22.2. The number of ether oxygens (including phenoxy) is 1. The van der Waals surface area contributed by atoms with Gasteiger partial charge in [-0.25, -0.2) is 4.79 Å². The van der Waals surface area contributed by atoms with E-state index in [1.165, 1.54) is 25.6 Å². The van der Waals surface area contributed by atoms with Crippen molar-refractivity contribution >= 4 is 33.6 Å². The number of esters is 1. The van der Waals surface area contributed by atoms with Crippen LogP contribution in [0.2, 0.25) is 0 Å². The van der Waals surface area contributed by atoms with Crippen molar-refractivity contribution in [2.24, 2.45) is 0 Å². The lowest BCUT2D eigenvalue weighted by Crippen LogP contribution is -2.40. The highest BCUT2D eigenvalue weighted by Gasteiger charge is 2.21. The number of hydrogen-bond donors (Lipinski definition) is 2. The van der Waals surface area contributed by atoms with Gasteiger partial charge in [-0.05, 0) is 55.2 Å². The standard InChI is InChI=1S/C23H28BrN3O3/c1-16(17-7-6-10-20(14-17)27-11-3-4-12-27)25-23(29)26-21(15-22(28)30-2)18-8-5-9-19(24)13-18/h5-10,13-14,16,21H,3-4,11-12,15H2,1-2H3,(H2,25,26,29). The van der Waals surface area contributed by atoms with Crippen LogP contribution < -0.4 is 15.5 Å². The molecular formula is C23H28BrN3O3. The zero-order valence-corrected chi connectivity index (χ0v) is 18.9. The Bertz CT molecular complexity index is 884. The van der Waals surface area contributed by atoms with Crippen LogP contribution in [0.5, 0.6) is 0 Å². The third-order valence-electron chi connectivity index (χ3n) is 5.34. The highest BCUT2D eigenvalue weighted by Crippen LogP contribution is 2.25. The molecule has 7 heteroatoms. The van der Waals surface area contributed by atoms with E-state index in [0.717, 1.165) is 28.7 Å². The van der Waals surface area contributed by atoms with Gasteiger partial charge in [0.15, 0.2) is 0 Å². The molecule has 0 aromatic heterocycles. The largest absolute Gasteiger partial charge is 0.469 e. The Balaban J connectivity index is 1.67. The number of rotatable bonds is 7. The Hall–Kier alpha value is -2.54. The van der Waals surface area contributed by atoms with Gasteiger partial charge in [-0.1, -0.05) is 40.2 Å². The SMILES string of the molecule is COC(=O)CC(NC(=O)NC(C)c1cccc(N2CCCC2)c1)c1cccc(Br)c1. The molecule has 30 heavy (non-hydrogen) atoms. The third kappa shape index (κ3) is 5.98. The topological polar surface area (TPSA) is 70.7 Å². The number of carbonyl (C=O) groups is 2. The molecule has 2 aromatic carbocycles. The van der Waals surface area contributed by atoms with Gasteiger partial charge in [0.1, 0.15) is 0 Å². The molecular weight excluding hydrogens is 446 g/mol. The van der Waals surface area contributed by atoms with Crippen molar-refractivity contribution in [3.05, 3.63) is 64.1 Å². The van der Waals surface area contributed by atoms with Crippen molar-refractivity contribution < 1.29 is 14.3 Å². The van der Waals surface area contributed by atoms with Crippen LogP contribution in [0.15, 0.2) is 53.0 Å². The van der Waals surface area contributed by atoms with Crippen LogP contribution in [0.4, 0.5) is 10.5 Å². The van der Waals surface area contributed by atoms with Crippen molar-refractivity contribution in [3.8, 4) is 0 Å². The van der Waals surface area contributed by atoms with Crippen molar-refractivity contribution in [1.29, 1.82) is 0 Å². The molecule has 6 nitrogen and oxygen atoms in total. The van der Waals surface area contributed by atoms with Gasteiger partial charge in [0, 0.05) is 23.2 Å². The maximum absolute atomic E-state index is 12.7. The van der Waals surface area contributed by atoms with Crippen LogP contribution >= 0.6 is 15.9 Å². The molecule has 0 aliphatic carbocycles. The maximum Gasteiger partial charge on any atom is 0.315 e. The number of nitrogens with one attached hydrogen (secondary N) is 2. The molecule has 1 heterocycles. The van der Waals surface area contributed by atoms with Gasteiger partial charge in [-0.3, -0.25) is 4.79 Å². The Labute approximate surface area is 186 Å². The number of hydrogen-bond acceptors (Lipinski definition) is 4. The summed E-state index contributed by atoms with van der Waals surface area (Å²) in [5.41, 5.74) is 3.06. The highest BCUT2D eigenvalue weighted by atomic mass is 79.9. The van der Waals surface area contributed by atoms with Crippen LogP contribution in [0.1, 0.15) is 49.4 Å². The summed E-state index contributed by atoms with van der Waals surface area (Å²) < 4.78 is 5.68. The van der Waals surface area contributed by atoms with Crippen LogP contribution in [0.3, 0.4) is 0 Å². The van der Waals surface area contributed by atoms with Gasteiger partial charge < -0.3 is 20.3 Å². The minimum Gasteiger partial charge on any atom is -0.469 e. The number of carbonyl (C=O) groups excluding carboxylic acids is 2. The first-order valence-electron chi connectivity index (χ1n) is 10.2. The van der Waals surface area contributed by atoms with Crippen molar-refractivity contribution in [2.45, 2.75) is 38.3 Å². The van der Waals surface area contributed by atoms with Gasteiger partial charge in [0.25, 0.3) is 0 Å². The molecule has 0 bridgehead atoms. The Morgan fingerprint density at radius 3 is 2.47 bits per heavy atom. The fraction of sp³-hybridized carbons (Fsp3) is 0.391. The van der Waals surface area contributed by atoms with Gasteiger partial charge in [0.05, 0.1) is 25.6 Å². The summed E-state index contributed by atoms with van der Waals surface area (Å²) in [6.45, 7) is 4.11. The summed E-state index contributed by atoms with van der Waals surface area (Å²) >= 11 is 3.44. The van der Waals surface area contributed by atoms with E-state index < -0.39 is 6.04 Å². The molecule has 2 atom stereocenters. The number of nitrogens with zero attached hydrogens (tertiary/aromatic N) is 1. The zero-order chi connectivity index (χ0) is 21.5.